The van der Waals surface area contributed by atoms with Gasteiger partial charge in [0.15, 0.2) is 0 Å². The summed E-state index contributed by atoms with van der Waals surface area (Å²) in [6.07, 6.45) is 22.4. The first-order chi connectivity index (χ1) is 36.6. The molecule has 0 aromatic heterocycles. The summed E-state index contributed by atoms with van der Waals surface area (Å²) in [4.78, 5) is 0. The molecule has 4 atom stereocenters. The number of hydrogen-bond donors (Lipinski definition) is 4. The second-order valence-electron chi connectivity index (χ2n) is 22.1. The van der Waals surface area contributed by atoms with Gasteiger partial charge < -0.3 is 29.9 Å². The Labute approximate surface area is 460 Å². The van der Waals surface area contributed by atoms with Gasteiger partial charge in [-0.2, -0.15) is 0 Å². The molecule has 4 aromatic carbocycles. The molecule has 404 valence electrons. The van der Waals surface area contributed by atoms with E-state index >= 15 is 0 Å². The minimum absolute atomic E-state index is 0. The number of benzene rings is 4. The Morgan fingerprint density at radius 3 is 1.68 bits per heavy atom. The Balaban J connectivity index is 0.000000284. The first-order valence-corrected chi connectivity index (χ1v) is 27.5. The lowest BCUT2D eigenvalue weighted by Gasteiger charge is -2.46. The molecule has 4 aliphatic rings. The van der Waals surface area contributed by atoms with Crippen molar-refractivity contribution in [3.8, 4) is 51.6 Å². The van der Waals surface area contributed by atoms with Gasteiger partial charge in [0, 0.05) is 37.2 Å². The summed E-state index contributed by atoms with van der Waals surface area (Å²) in [6.45, 7) is 27.7. The third-order valence-electron chi connectivity index (χ3n) is 15.2. The normalized spacial score (nSPS) is 19.1. The van der Waals surface area contributed by atoms with Gasteiger partial charge in [0.05, 0.1) is 13.4 Å². The smallest absolute Gasteiger partial charge is 0.229 e. The van der Waals surface area contributed by atoms with Gasteiger partial charge in [-0.3, -0.25) is 0 Å². The highest BCUT2D eigenvalue weighted by Gasteiger charge is 2.45. The van der Waals surface area contributed by atoms with E-state index in [-0.39, 0.29) is 47.3 Å². The molecule has 7 nitrogen and oxygen atoms in total. The average molecular weight is 1020 g/mol. The zero-order valence-corrected chi connectivity index (χ0v) is 48.1. The van der Waals surface area contributed by atoms with Gasteiger partial charge in [-0.05, 0) is 190 Å². The number of unbranched alkanes of at least 4 members (excludes halogenated alkanes) is 6. The molecule has 8 rings (SSSR count). The van der Waals surface area contributed by atoms with Crippen LogP contribution in [0.25, 0.3) is 11.1 Å². The van der Waals surface area contributed by atoms with Crippen molar-refractivity contribution in [3.63, 3.8) is 0 Å². The standard InChI is InChI=1S/C21H30O2.C21H26O2.C21H30O2.CBN.CH3B.CH4/c2*1-5-6-7-8-15-12-18(22)20-16-11-14(2)9-10-17(16)21(3,4)23-19(20)13-15;1-5-6-7-8-16-12-19(22)21(20(23)13-16)18-11-15(4)9-10-17(18)14(2)3;2-1-3;1-2;/h11-13,16-17,22H,5-10H2,1-4H3;9-13,22H,5-8H2,1-4H3;11-13,17-18,22-23H,2,5-10H2,1,3-4H3;;1H3;1H4/t16?,17-;;;;;/m1...../s1/i;;;;1D;1T. The van der Waals surface area contributed by atoms with E-state index in [1.807, 2.05) is 31.2 Å². The zero-order valence-electron chi connectivity index (χ0n) is 50.1. The van der Waals surface area contributed by atoms with E-state index in [9.17, 15) is 20.4 Å². The number of hydrogen-bond acceptors (Lipinski definition) is 7. The predicted molar refractivity (Wildman–Crippen MR) is 317 cm³/mol. The van der Waals surface area contributed by atoms with Crippen molar-refractivity contribution >= 4 is 15.7 Å². The molecule has 4 N–H and O–H groups in total. The first-order valence-electron chi connectivity index (χ1n) is 29.2. The highest BCUT2D eigenvalue weighted by molar-refractivity contribution is 6.20. The van der Waals surface area contributed by atoms with Gasteiger partial charge in [-0.1, -0.05) is 133 Å². The molecule has 0 fully saturated rings. The molecular weight excluding hydrogens is 924 g/mol. The molecule has 0 saturated carbocycles. The maximum Gasteiger partial charge on any atom is 0.229 e. The Bertz CT molecular complexity index is 2610. The number of ether oxygens (including phenoxy) is 2. The number of fused-ring (bicyclic) bond motifs is 6. The van der Waals surface area contributed by atoms with Gasteiger partial charge in [0.25, 0.3) is 0 Å². The molecule has 2 aliphatic carbocycles. The minimum atomic E-state index is -0.384. The Hall–Kier alpha value is -5.48. The number of nitriles is 1. The van der Waals surface area contributed by atoms with E-state index in [2.05, 4.69) is 134 Å². The van der Waals surface area contributed by atoms with E-state index in [0.29, 0.717) is 23.0 Å². The molecule has 9 heteroatoms. The fourth-order valence-electron chi connectivity index (χ4n) is 11.4. The molecule has 0 spiro atoms. The quantitative estimate of drug-likeness (QED) is 0.0563. The van der Waals surface area contributed by atoms with Crippen LogP contribution in [0.5, 0.6) is 34.5 Å². The lowest BCUT2D eigenvalue weighted by atomic mass is 9.68. The van der Waals surface area contributed by atoms with E-state index in [1.165, 1.54) is 80.6 Å². The van der Waals surface area contributed by atoms with Gasteiger partial charge in [-0.25, -0.2) is 5.26 Å². The highest BCUT2D eigenvalue weighted by Crippen LogP contribution is 2.54. The number of allylic oxidation sites excluding steroid dienone is 5. The van der Waals surface area contributed by atoms with Crippen LogP contribution in [-0.4, -0.2) is 41.7 Å². The van der Waals surface area contributed by atoms with E-state index in [1.54, 1.807) is 0 Å². The number of phenolic OH excluding ortho intramolecular Hbond substituents is 4. The molecule has 4 aromatic rings. The molecule has 2 aliphatic heterocycles. The second-order valence-corrected chi connectivity index (χ2v) is 22.1. The van der Waals surface area contributed by atoms with Crippen molar-refractivity contribution in [2.24, 2.45) is 11.8 Å². The summed E-state index contributed by atoms with van der Waals surface area (Å²) in [5.41, 5.74) is 12.6. The Morgan fingerprint density at radius 1 is 0.720 bits per heavy atom. The summed E-state index contributed by atoms with van der Waals surface area (Å²) in [5, 5.41) is 49.5. The third kappa shape index (κ3) is 16.8. The van der Waals surface area contributed by atoms with Gasteiger partial charge >= 0.3 is 0 Å². The largest absolute Gasteiger partial charge is 0.507 e. The summed E-state index contributed by atoms with van der Waals surface area (Å²) in [7, 11) is 9.92. The molecule has 0 bridgehead atoms. The Kier molecular flexibility index (Phi) is 23.9. The predicted octanol–water partition coefficient (Wildman–Crippen LogP) is 17.8. The Morgan fingerprint density at radius 2 is 1.17 bits per heavy atom. The van der Waals surface area contributed by atoms with Crippen LogP contribution in [0.15, 0.2) is 90.0 Å². The van der Waals surface area contributed by atoms with Gasteiger partial charge in [0.1, 0.15) is 45.7 Å². The van der Waals surface area contributed by atoms with Crippen molar-refractivity contribution in [2.45, 2.75) is 216 Å². The van der Waals surface area contributed by atoms with Crippen molar-refractivity contribution in [3.05, 3.63) is 129 Å². The summed E-state index contributed by atoms with van der Waals surface area (Å²) in [5.74, 6) is 5.17. The zero-order chi connectivity index (χ0) is 57.6. The molecular formula is C66H93B2NO6. The number of aromatic hydroxyl groups is 4. The van der Waals surface area contributed by atoms with E-state index in [4.69, 9.17) is 17.5 Å². The fourth-order valence-corrected chi connectivity index (χ4v) is 11.4. The number of nitrogens with zero attached hydrogens (tertiary/aromatic N) is 1. The van der Waals surface area contributed by atoms with Crippen LogP contribution in [0.2, 0.25) is 6.80 Å². The molecule has 4 radical (unpaired) electrons. The second kappa shape index (κ2) is 29.7. The molecule has 0 saturated heterocycles. The lowest BCUT2D eigenvalue weighted by Crippen LogP contribution is -2.45. The van der Waals surface area contributed by atoms with E-state index in [0.717, 1.165) is 108 Å². The van der Waals surface area contributed by atoms with Crippen molar-refractivity contribution in [1.82, 2.24) is 0 Å². The average Bonchev–Trinajstić information content (AvgIpc) is 3.35. The molecule has 0 amide bonds. The summed E-state index contributed by atoms with van der Waals surface area (Å²) in [6, 6.07) is 18.2. The topological polar surface area (TPSA) is 123 Å². The summed E-state index contributed by atoms with van der Waals surface area (Å²) < 4.78 is 24.4. The highest BCUT2D eigenvalue weighted by atomic mass is 16.5. The van der Waals surface area contributed by atoms with Gasteiger partial charge in [0.2, 0.25) is 7.85 Å². The molecule has 3 unspecified atom stereocenters. The minimum Gasteiger partial charge on any atom is -0.507 e. The molecule has 75 heavy (non-hydrogen) atoms. The molecule has 2 heterocycles. The maximum atomic E-state index is 10.7. The fraction of sp³-hybridized carbons (Fsp3) is 0.530. The van der Waals surface area contributed by atoms with Crippen LogP contribution in [0.4, 0.5) is 0 Å². The number of rotatable bonds is 14. The van der Waals surface area contributed by atoms with Crippen LogP contribution in [-0.2, 0) is 24.9 Å². The lowest BCUT2D eigenvalue weighted by molar-refractivity contribution is 0.0107. The van der Waals surface area contributed by atoms with Crippen LogP contribution in [0.1, 0.15) is 214 Å². The van der Waals surface area contributed by atoms with E-state index < -0.39 is 0 Å². The van der Waals surface area contributed by atoms with Crippen molar-refractivity contribution < 1.29 is 32.6 Å². The summed E-state index contributed by atoms with van der Waals surface area (Å²) >= 11 is 0. The van der Waals surface area contributed by atoms with Crippen LogP contribution >= 0.6 is 0 Å². The maximum absolute atomic E-state index is 10.7. The van der Waals surface area contributed by atoms with Crippen molar-refractivity contribution in [2.75, 3.05) is 0 Å². The van der Waals surface area contributed by atoms with Crippen LogP contribution in [0, 0.1) is 30.0 Å². The number of phenols is 4. The first kappa shape index (κ1) is 60.4. The van der Waals surface area contributed by atoms with Gasteiger partial charge in [-0.15, -0.1) is 0 Å². The SMILES string of the molecule is C=C(C)C1CCC(C)=CC1c1c(O)cc(CCCCC)cc1O.CCCCCc1cc(O)c2c(c1)OC(C)(C)[C@@H]1CCC(C)=CC21.CCCCCc1cc(O)c2c(c1)OC(C)(C)c1ccc(C)cc1-2.[2H]C[B].[3H]C.[B]C#N. The van der Waals surface area contributed by atoms with Crippen molar-refractivity contribution in [1.29, 1.82) is 5.26 Å². The number of aryl methyl sites for hydroxylation is 4. The third-order valence-corrected chi connectivity index (χ3v) is 15.2. The van der Waals surface area contributed by atoms with Crippen LogP contribution < -0.4 is 9.47 Å². The van der Waals surface area contributed by atoms with Crippen LogP contribution in [0.3, 0.4) is 0 Å². The monoisotopic (exact) mass is 1020 g/mol.